The summed E-state index contributed by atoms with van der Waals surface area (Å²) in [4.78, 5) is 0.177. The first-order valence-corrected chi connectivity index (χ1v) is 8.72. The van der Waals surface area contributed by atoms with Crippen molar-refractivity contribution in [2.75, 3.05) is 32.1 Å². The third-order valence-electron chi connectivity index (χ3n) is 2.90. The van der Waals surface area contributed by atoms with E-state index in [-0.39, 0.29) is 11.4 Å². The minimum absolute atomic E-state index is 0.177. The van der Waals surface area contributed by atoms with Gasteiger partial charge in [0.05, 0.1) is 11.5 Å². The molecule has 0 spiro atoms. The number of methoxy groups -OCH3 is 1. The number of hydrogen-bond donors (Lipinski definition) is 0. The zero-order valence-electron chi connectivity index (χ0n) is 11.8. The van der Waals surface area contributed by atoms with Crippen LogP contribution >= 0.6 is 15.9 Å². The summed E-state index contributed by atoms with van der Waals surface area (Å²) in [5, 5.41) is 0.523. The zero-order chi connectivity index (χ0) is 15.3. The summed E-state index contributed by atoms with van der Waals surface area (Å²) in [7, 11) is -2.14. The molecular weight excluding hydrogens is 349 g/mol. The smallest absolute Gasteiger partial charge is 0.243 e. The lowest BCUT2D eigenvalue weighted by molar-refractivity contribution is 0.180. The highest BCUT2D eigenvalue weighted by Crippen LogP contribution is 2.25. The Bertz CT molecular complexity index is 540. The molecule has 0 N–H and O–H groups in total. The van der Waals surface area contributed by atoms with Crippen LogP contribution in [0.5, 0.6) is 0 Å². The van der Waals surface area contributed by atoms with Crippen LogP contribution in [-0.4, -0.2) is 44.9 Å². The first-order chi connectivity index (χ1) is 9.34. The SMILES string of the molecule is COCCN(CCBr)S(=O)(=O)c1c(C)cc(F)cc1C. The largest absolute Gasteiger partial charge is 0.383 e. The van der Waals surface area contributed by atoms with E-state index in [0.29, 0.717) is 29.6 Å². The molecule has 1 aromatic carbocycles. The van der Waals surface area contributed by atoms with Gasteiger partial charge in [-0.15, -0.1) is 0 Å². The molecule has 0 amide bonds. The highest BCUT2D eigenvalue weighted by molar-refractivity contribution is 9.09. The lowest BCUT2D eigenvalue weighted by atomic mass is 10.1. The Morgan fingerprint density at radius 3 is 2.25 bits per heavy atom. The van der Waals surface area contributed by atoms with Crippen molar-refractivity contribution in [1.29, 1.82) is 0 Å². The number of ether oxygens (including phenoxy) is 1. The molecule has 0 saturated heterocycles. The van der Waals surface area contributed by atoms with Crippen molar-refractivity contribution in [2.45, 2.75) is 18.7 Å². The van der Waals surface area contributed by atoms with Crippen molar-refractivity contribution >= 4 is 26.0 Å². The minimum atomic E-state index is -3.66. The van der Waals surface area contributed by atoms with E-state index >= 15 is 0 Å². The summed E-state index contributed by atoms with van der Waals surface area (Å²) in [5.74, 6) is -0.428. The summed E-state index contributed by atoms with van der Waals surface area (Å²) in [5.41, 5.74) is 0.832. The maximum absolute atomic E-state index is 13.3. The molecule has 0 unspecified atom stereocenters. The first-order valence-electron chi connectivity index (χ1n) is 6.16. The molecule has 0 aliphatic carbocycles. The van der Waals surface area contributed by atoms with E-state index in [1.807, 2.05) is 0 Å². The number of alkyl halides is 1. The van der Waals surface area contributed by atoms with Gasteiger partial charge in [-0.3, -0.25) is 0 Å². The van der Waals surface area contributed by atoms with Gasteiger partial charge in [0.25, 0.3) is 0 Å². The summed E-state index contributed by atoms with van der Waals surface area (Å²) < 4.78 is 45.0. The lowest BCUT2D eigenvalue weighted by Gasteiger charge is -2.23. The molecule has 1 rings (SSSR count). The van der Waals surface area contributed by atoms with Crippen LogP contribution in [-0.2, 0) is 14.8 Å². The van der Waals surface area contributed by atoms with E-state index in [1.54, 1.807) is 13.8 Å². The predicted octanol–water partition coefficient (Wildman–Crippen LogP) is 2.47. The van der Waals surface area contributed by atoms with Crippen LogP contribution in [0.15, 0.2) is 17.0 Å². The summed E-state index contributed by atoms with van der Waals surface area (Å²) in [6, 6.07) is 2.48. The minimum Gasteiger partial charge on any atom is -0.383 e. The third-order valence-corrected chi connectivity index (χ3v) is 5.46. The molecule has 20 heavy (non-hydrogen) atoms. The molecule has 4 nitrogen and oxygen atoms in total. The molecule has 0 bridgehead atoms. The number of aryl methyl sites for hydroxylation is 2. The van der Waals surface area contributed by atoms with Crippen LogP contribution in [0.1, 0.15) is 11.1 Å². The average Bonchev–Trinajstić information content (AvgIpc) is 2.32. The molecule has 7 heteroatoms. The molecule has 0 atom stereocenters. The van der Waals surface area contributed by atoms with Gasteiger partial charge in [-0.05, 0) is 37.1 Å². The van der Waals surface area contributed by atoms with E-state index in [1.165, 1.54) is 23.5 Å². The molecule has 0 fully saturated rings. The fourth-order valence-electron chi connectivity index (χ4n) is 2.07. The van der Waals surface area contributed by atoms with Gasteiger partial charge in [-0.1, -0.05) is 15.9 Å². The van der Waals surface area contributed by atoms with Crippen LogP contribution in [0.3, 0.4) is 0 Å². The predicted molar refractivity (Wildman–Crippen MR) is 80.3 cm³/mol. The third kappa shape index (κ3) is 4.00. The number of benzene rings is 1. The molecule has 0 aromatic heterocycles. The molecule has 0 aliphatic rings. The second-order valence-electron chi connectivity index (χ2n) is 4.45. The van der Waals surface area contributed by atoms with Crippen LogP contribution in [0.25, 0.3) is 0 Å². The van der Waals surface area contributed by atoms with Gasteiger partial charge in [0.2, 0.25) is 10.0 Å². The Morgan fingerprint density at radius 2 is 1.80 bits per heavy atom. The Morgan fingerprint density at radius 1 is 1.25 bits per heavy atom. The summed E-state index contributed by atoms with van der Waals surface area (Å²) >= 11 is 3.25. The average molecular weight is 368 g/mol. The number of rotatable bonds is 7. The number of hydrogen-bond acceptors (Lipinski definition) is 3. The van der Waals surface area contributed by atoms with Gasteiger partial charge >= 0.3 is 0 Å². The monoisotopic (exact) mass is 367 g/mol. The zero-order valence-corrected chi connectivity index (χ0v) is 14.2. The lowest BCUT2D eigenvalue weighted by Crippen LogP contribution is -2.36. The van der Waals surface area contributed by atoms with Crippen LogP contribution in [0.2, 0.25) is 0 Å². The van der Waals surface area contributed by atoms with E-state index in [4.69, 9.17) is 4.74 Å². The van der Waals surface area contributed by atoms with Gasteiger partial charge in [0.1, 0.15) is 5.82 Å². The maximum Gasteiger partial charge on any atom is 0.243 e. The fraction of sp³-hybridized carbons (Fsp3) is 0.538. The van der Waals surface area contributed by atoms with Crippen LogP contribution in [0, 0.1) is 19.7 Å². The number of nitrogens with zero attached hydrogens (tertiary/aromatic N) is 1. The number of halogens is 2. The van der Waals surface area contributed by atoms with E-state index in [9.17, 15) is 12.8 Å². The second-order valence-corrected chi connectivity index (χ2v) is 7.12. The molecule has 0 saturated carbocycles. The summed E-state index contributed by atoms with van der Waals surface area (Å²) in [6.45, 7) is 4.12. The maximum atomic E-state index is 13.3. The standard InChI is InChI=1S/C13H19BrFNO3S/c1-10-8-12(15)9-11(2)13(10)20(17,18)16(5-4-14)6-7-19-3/h8-9H,4-7H2,1-3H3. The molecule has 0 heterocycles. The Labute approximate surface area is 128 Å². The molecule has 1 aromatic rings. The van der Waals surface area contributed by atoms with E-state index in [2.05, 4.69) is 15.9 Å². The van der Waals surface area contributed by atoms with Crippen molar-refractivity contribution in [3.8, 4) is 0 Å². The van der Waals surface area contributed by atoms with Crippen molar-refractivity contribution in [3.63, 3.8) is 0 Å². The Hall–Kier alpha value is -0.500. The van der Waals surface area contributed by atoms with E-state index < -0.39 is 15.8 Å². The Kier molecular flexibility index (Phi) is 6.57. The first kappa shape index (κ1) is 17.6. The van der Waals surface area contributed by atoms with E-state index in [0.717, 1.165) is 0 Å². The highest BCUT2D eigenvalue weighted by Gasteiger charge is 2.27. The number of sulfonamides is 1. The van der Waals surface area contributed by atoms with Crippen molar-refractivity contribution in [1.82, 2.24) is 4.31 Å². The van der Waals surface area contributed by atoms with Crippen LogP contribution < -0.4 is 0 Å². The second kappa shape index (κ2) is 7.49. The topological polar surface area (TPSA) is 46.6 Å². The fourth-order valence-corrected chi connectivity index (χ4v) is 4.57. The van der Waals surface area contributed by atoms with Gasteiger partial charge < -0.3 is 4.74 Å². The van der Waals surface area contributed by atoms with Crippen molar-refractivity contribution in [3.05, 3.63) is 29.1 Å². The van der Waals surface area contributed by atoms with Gasteiger partial charge in [0.15, 0.2) is 0 Å². The van der Waals surface area contributed by atoms with Crippen LogP contribution in [0.4, 0.5) is 4.39 Å². The Balaban J connectivity index is 3.26. The van der Waals surface area contributed by atoms with Crippen molar-refractivity contribution < 1.29 is 17.5 Å². The molecule has 114 valence electrons. The highest BCUT2D eigenvalue weighted by atomic mass is 79.9. The summed E-state index contributed by atoms with van der Waals surface area (Å²) in [6.07, 6.45) is 0. The van der Waals surface area contributed by atoms with Gasteiger partial charge in [-0.25, -0.2) is 12.8 Å². The quantitative estimate of drug-likeness (QED) is 0.695. The molecule has 0 radical (unpaired) electrons. The molecule has 0 aliphatic heterocycles. The van der Waals surface area contributed by atoms with Crippen molar-refractivity contribution in [2.24, 2.45) is 0 Å². The molecular formula is C13H19BrFNO3S. The normalized spacial score (nSPS) is 12.1. The van der Waals surface area contributed by atoms with Gasteiger partial charge in [-0.2, -0.15) is 4.31 Å². The van der Waals surface area contributed by atoms with Gasteiger partial charge in [0, 0.05) is 25.5 Å².